The molecule has 0 unspecified atom stereocenters. The Morgan fingerprint density at radius 2 is 1.62 bits per heavy atom. The van der Waals surface area contributed by atoms with Gasteiger partial charge in [0.15, 0.2) is 5.78 Å². The topological polar surface area (TPSA) is 81.1 Å². The number of nitrogens with zero attached hydrogens (tertiary/aromatic N) is 2. The van der Waals surface area contributed by atoms with E-state index < -0.39 is 0 Å². The molecule has 26 heavy (non-hydrogen) atoms. The van der Waals surface area contributed by atoms with E-state index >= 15 is 0 Å². The Morgan fingerprint density at radius 1 is 0.962 bits per heavy atom. The van der Waals surface area contributed by atoms with E-state index in [0.29, 0.717) is 16.6 Å². The molecule has 1 N–H and O–H groups in total. The fraction of sp³-hybridized carbons (Fsp3) is 0.200. The Balaban J connectivity index is 1.63. The number of nitrogens with one attached hydrogen (secondary N) is 1. The van der Waals surface area contributed by atoms with Gasteiger partial charge in [-0.25, -0.2) is 4.68 Å². The molecular weight excluding hydrogens is 330 g/mol. The molecular formula is C20H19N3O3. The first-order valence-electron chi connectivity index (χ1n) is 8.36. The van der Waals surface area contributed by atoms with Crippen molar-refractivity contribution in [3.63, 3.8) is 0 Å². The Morgan fingerprint density at radius 3 is 2.35 bits per heavy atom. The molecule has 1 aromatic heterocycles. The van der Waals surface area contributed by atoms with Crippen LogP contribution in [0, 0.1) is 0 Å². The third kappa shape index (κ3) is 3.85. The fourth-order valence-corrected chi connectivity index (χ4v) is 2.77. The van der Waals surface area contributed by atoms with Gasteiger partial charge in [-0.3, -0.25) is 14.4 Å². The van der Waals surface area contributed by atoms with Gasteiger partial charge in [0, 0.05) is 30.8 Å². The molecule has 1 heterocycles. The number of fused-ring (bicyclic) bond motifs is 1. The molecule has 0 bridgehead atoms. The van der Waals surface area contributed by atoms with E-state index in [1.54, 1.807) is 43.4 Å². The number of benzene rings is 2. The highest BCUT2D eigenvalue weighted by Gasteiger charge is 2.11. The van der Waals surface area contributed by atoms with Crippen LogP contribution in [-0.4, -0.2) is 21.5 Å². The van der Waals surface area contributed by atoms with E-state index in [-0.39, 0.29) is 36.6 Å². The number of rotatable bonds is 6. The fourth-order valence-electron chi connectivity index (χ4n) is 2.77. The first-order chi connectivity index (χ1) is 12.6. The van der Waals surface area contributed by atoms with E-state index in [0.717, 1.165) is 5.39 Å². The van der Waals surface area contributed by atoms with Gasteiger partial charge >= 0.3 is 0 Å². The second-order valence-electron chi connectivity index (χ2n) is 5.99. The van der Waals surface area contributed by atoms with Gasteiger partial charge in [-0.2, -0.15) is 5.10 Å². The molecule has 0 aliphatic heterocycles. The molecule has 0 fully saturated rings. The predicted molar refractivity (Wildman–Crippen MR) is 98.8 cm³/mol. The van der Waals surface area contributed by atoms with E-state index in [1.165, 1.54) is 4.68 Å². The molecule has 132 valence electrons. The summed E-state index contributed by atoms with van der Waals surface area (Å²) in [5, 5.41) is 8.30. The van der Waals surface area contributed by atoms with Gasteiger partial charge in [-0.1, -0.05) is 48.5 Å². The molecule has 0 spiro atoms. The summed E-state index contributed by atoms with van der Waals surface area (Å²) in [6.45, 7) is 0.201. The van der Waals surface area contributed by atoms with Crippen LogP contribution in [0.15, 0.2) is 59.4 Å². The van der Waals surface area contributed by atoms with Gasteiger partial charge in [0.25, 0.3) is 5.56 Å². The molecule has 0 radical (unpaired) electrons. The average Bonchev–Trinajstić information content (AvgIpc) is 2.68. The molecule has 2 aromatic carbocycles. The normalized spacial score (nSPS) is 10.7. The lowest BCUT2D eigenvalue weighted by molar-refractivity contribution is -0.121. The summed E-state index contributed by atoms with van der Waals surface area (Å²) < 4.78 is 1.27. The van der Waals surface area contributed by atoms with E-state index in [2.05, 4.69) is 10.4 Å². The average molecular weight is 349 g/mol. The molecule has 6 nitrogen and oxygen atoms in total. The number of aromatic nitrogens is 2. The molecule has 3 rings (SSSR count). The summed E-state index contributed by atoms with van der Waals surface area (Å²) in [5.41, 5.74) is 1.04. The lowest BCUT2D eigenvalue weighted by Crippen LogP contribution is -2.27. The lowest BCUT2D eigenvalue weighted by atomic mass is 10.1. The Bertz CT molecular complexity index is 1010. The van der Waals surface area contributed by atoms with Crippen molar-refractivity contribution in [2.45, 2.75) is 19.4 Å². The van der Waals surface area contributed by atoms with Gasteiger partial charge in [0.05, 0.1) is 17.6 Å². The van der Waals surface area contributed by atoms with Crippen LogP contribution in [-0.2, 0) is 18.4 Å². The van der Waals surface area contributed by atoms with Crippen LogP contribution in [0.25, 0.3) is 10.8 Å². The van der Waals surface area contributed by atoms with E-state index in [4.69, 9.17) is 0 Å². The smallest absolute Gasteiger partial charge is 0.274 e. The molecule has 6 heteroatoms. The molecule has 0 saturated carbocycles. The lowest BCUT2D eigenvalue weighted by Gasteiger charge is -2.09. The van der Waals surface area contributed by atoms with Crippen molar-refractivity contribution in [3.05, 3.63) is 76.2 Å². The first-order valence-corrected chi connectivity index (χ1v) is 8.36. The molecule has 0 aliphatic rings. The zero-order chi connectivity index (χ0) is 18.5. The third-order valence-electron chi connectivity index (χ3n) is 4.16. The molecule has 0 aliphatic carbocycles. The number of hydrogen-bond acceptors (Lipinski definition) is 4. The zero-order valence-electron chi connectivity index (χ0n) is 14.4. The van der Waals surface area contributed by atoms with Crippen molar-refractivity contribution in [2.24, 2.45) is 7.05 Å². The Hall–Kier alpha value is -3.28. The molecule has 1 amide bonds. The molecule has 3 aromatic rings. The second kappa shape index (κ2) is 7.74. The van der Waals surface area contributed by atoms with Crippen LogP contribution in [0.2, 0.25) is 0 Å². The van der Waals surface area contributed by atoms with Crippen LogP contribution >= 0.6 is 0 Å². The first kappa shape index (κ1) is 17.5. The van der Waals surface area contributed by atoms with E-state index in [1.807, 2.05) is 18.2 Å². The summed E-state index contributed by atoms with van der Waals surface area (Å²) in [6, 6.07) is 16.1. The van der Waals surface area contributed by atoms with Crippen molar-refractivity contribution in [2.75, 3.05) is 0 Å². The predicted octanol–water partition coefficient (Wildman–Crippen LogP) is 2.21. The maximum Gasteiger partial charge on any atom is 0.274 e. The summed E-state index contributed by atoms with van der Waals surface area (Å²) in [4.78, 5) is 36.2. The van der Waals surface area contributed by atoms with Crippen molar-refractivity contribution in [3.8, 4) is 0 Å². The summed E-state index contributed by atoms with van der Waals surface area (Å²) >= 11 is 0. The number of amides is 1. The van der Waals surface area contributed by atoms with Crippen molar-refractivity contribution < 1.29 is 9.59 Å². The number of Topliss-reactive ketones (excluding diaryl/α,β-unsaturated/α-hetero) is 1. The van der Waals surface area contributed by atoms with Crippen LogP contribution in [0.3, 0.4) is 0 Å². The van der Waals surface area contributed by atoms with Gasteiger partial charge in [0.2, 0.25) is 5.91 Å². The minimum atomic E-state index is -0.228. The number of carbonyl (C=O) groups excluding carboxylic acids is 2. The molecule has 0 atom stereocenters. The van der Waals surface area contributed by atoms with E-state index in [9.17, 15) is 14.4 Å². The van der Waals surface area contributed by atoms with Crippen molar-refractivity contribution in [1.82, 2.24) is 15.1 Å². The molecule has 0 saturated heterocycles. The maximum atomic E-state index is 12.1. The highest BCUT2D eigenvalue weighted by atomic mass is 16.2. The van der Waals surface area contributed by atoms with Gasteiger partial charge in [-0.05, 0) is 6.07 Å². The summed E-state index contributed by atoms with van der Waals surface area (Å²) in [5.74, 6) is -0.291. The van der Waals surface area contributed by atoms with Crippen molar-refractivity contribution in [1.29, 1.82) is 0 Å². The summed E-state index contributed by atoms with van der Waals surface area (Å²) in [6.07, 6.45) is 0.259. The highest BCUT2D eigenvalue weighted by Crippen LogP contribution is 2.13. The minimum absolute atomic E-state index is 0.0635. The quantitative estimate of drug-likeness (QED) is 0.692. The number of carbonyl (C=O) groups is 2. The SMILES string of the molecule is Cn1nc(CNC(=O)CCC(=O)c2ccccc2)c2ccccc2c1=O. The maximum absolute atomic E-state index is 12.1. The number of ketones is 1. The highest BCUT2D eigenvalue weighted by molar-refractivity contribution is 5.97. The number of aryl methyl sites for hydroxylation is 1. The van der Waals surface area contributed by atoms with Crippen LogP contribution in [0.1, 0.15) is 28.9 Å². The Labute approximate surface area is 150 Å². The van der Waals surface area contributed by atoms with Crippen LogP contribution in [0.4, 0.5) is 0 Å². The zero-order valence-corrected chi connectivity index (χ0v) is 14.4. The third-order valence-corrected chi connectivity index (χ3v) is 4.16. The van der Waals surface area contributed by atoms with Crippen molar-refractivity contribution >= 4 is 22.5 Å². The monoisotopic (exact) mass is 349 g/mol. The number of hydrogen-bond donors (Lipinski definition) is 1. The second-order valence-corrected chi connectivity index (χ2v) is 5.99. The van der Waals surface area contributed by atoms with Crippen LogP contribution < -0.4 is 10.9 Å². The van der Waals surface area contributed by atoms with Gasteiger partial charge < -0.3 is 5.32 Å². The summed E-state index contributed by atoms with van der Waals surface area (Å²) in [7, 11) is 1.58. The standard InChI is InChI=1S/C20H19N3O3/c1-23-20(26)16-10-6-5-9-15(16)17(22-23)13-21-19(25)12-11-18(24)14-7-3-2-4-8-14/h2-10H,11-13H2,1H3,(H,21,25). The largest absolute Gasteiger partial charge is 0.350 e. The Kier molecular flexibility index (Phi) is 5.22. The van der Waals surface area contributed by atoms with Gasteiger partial charge in [0.1, 0.15) is 0 Å². The minimum Gasteiger partial charge on any atom is -0.350 e. The van der Waals surface area contributed by atoms with Gasteiger partial charge in [-0.15, -0.1) is 0 Å². The van der Waals surface area contributed by atoms with Crippen LogP contribution in [0.5, 0.6) is 0 Å².